The van der Waals surface area contributed by atoms with E-state index in [0.29, 0.717) is 19.4 Å². The maximum absolute atomic E-state index is 12.9. The van der Waals surface area contributed by atoms with E-state index in [4.69, 9.17) is 9.47 Å². The van der Waals surface area contributed by atoms with E-state index < -0.39 is 5.60 Å². The number of ether oxygens (including phenoxy) is 2. The van der Waals surface area contributed by atoms with Gasteiger partial charge in [0, 0.05) is 18.5 Å². The van der Waals surface area contributed by atoms with Gasteiger partial charge in [-0.05, 0) is 59.8 Å². The van der Waals surface area contributed by atoms with Crippen molar-refractivity contribution in [3.8, 4) is 0 Å². The smallest absolute Gasteiger partial charge is 0.410 e. The van der Waals surface area contributed by atoms with Crippen molar-refractivity contribution < 1.29 is 19.1 Å². The number of piperidine rings is 1. The van der Waals surface area contributed by atoms with Crippen molar-refractivity contribution >= 4 is 12.1 Å². The van der Waals surface area contributed by atoms with E-state index in [1.807, 2.05) is 32.6 Å². The number of carbonyl (C=O) groups is 2. The molecule has 1 saturated heterocycles. The fourth-order valence-corrected chi connectivity index (χ4v) is 3.67. The molecule has 0 aromatic carbocycles. The van der Waals surface area contributed by atoms with E-state index in [2.05, 4.69) is 6.92 Å². The average molecular weight is 370 g/mol. The number of nitrogens with zero attached hydrogens (tertiary/aromatic N) is 1. The Morgan fingerprint density at radius 3 is 2.23 bits per heavy atom. The summed E-state index contributed by atoms with van der Waals surface area (Å²) in [6, 6.07) is 0.293. The fourth-order valence-electron chi connectivity index (χ4n) is 3.67. The Balaban J connectivity index is 2.76. The Morgan fingerprint density at radius 1 is 1.00 bits per heavy atom. The van der Waals surface area contributed by atoms with E-state index in [1.54, 1.807) is 0 Å². The third-order valence-electron chi connectivity index (χ3n) is 4.84. The van der Waals surface area contributed by atoms with Crippen molar-refractivity contribution in [3.63, 3.8) is 0 Å². The molecule has 1 fully saturated rings. The Bertz CT molecular complexity index is 430. The quantitative estimate of drug-likeness (QED) is 0.400. The number of hydrogen-bond acceptors (Lipinski definition) is 4. The first kappa shape index (κ1) is 22.8. The molecule has 1 rings (SSSR count). The molecule has 0 radical (unpaired) electrons. The van der Waals surface area contributed by atoms with E-state index in [9.17, 15) is 9.59 Å². The zero-order valence-corrected chi connectivity index (χ0v) is 17.5. The van der Waals surface area contributed by atoms with Gasteiger partial charge in [0.05, 0.1) is 6.61 Å². The van der Waals surface area contributed by atoms with Gasteiger partial charge in [0.25, 0.3) is 0 Å². The third kappa shape index (κ3) is 8.41. The summed E-state index contributed by atoms with van der Waals surface area (Å²) < 4.78 is 10.7. The van der Waals surface area contributed by atoms with Gasteiger partial charge in [-0.3, -0.25) is 4.79 Å². The third-order valence-corrected chi connectivity index (χ3v) is 4.84. The Hall–Kier alpha value is -1.26. The van der Waals surface area contributed by atoms with Gasteiger partial charge < -0.3 is 14.4 Å². The van der Waals surface area contributed by atoms with Crippen LogP contribution in [0.25, 0.3) is 0 Å². The summed E-state index contributed by atoms with van der Waals surface area (Å²) in [6.07, 6.45) is 9.68. The molecular weight excluding hydrogens is 330 g/mol. The van der Waals surface area contributed by atoms with Crippen LogP contribution in [0.15, 0.2) is 0 Å². The van der Waals surface area contributed by atoms with Crippen LogP contribution in [0.4, 0.5) is 4.79 Å². The lowest BCUT2D eigenvalue weighted by Gasteiger charge is -2.42. The molecule has 1 heterocycles. The minimum Gasteiger partial charge on any atom is -0.466 e. The molecule has 5 heteroatoms. The van der Waals surface area contributed by atoms with E-state index >= 15 is 0 Å². The summed E-state index contributed by atoms with van der Waals surface area (Å²) in [4.78, 5) is 26.6. The van der Waals surface area contributed by atoms with Gasteiger partial charge in [-0.15, -0.1) is 0 Å². The summed E-state index contributed by atoms with van der Waals surface area (Å²) in [6.45, 7) is 10.1. The van der Waals surface area contributed by atoms with Crippen LogP contribution in [-0.4, -0.2) is 41.3 Å². The minimum atomic E-state index is -0.507. The standard InChI is InChI=1S/C21H39NO4/c1-6-8-9-10-12-17-13-11-14-18(15-16-19(23)25-7-2)22(17)20(24)26-21(3,4)5/h17-18H,6-16H2,1-5H3/t17-,18+/m1/s1. The van der Waals surface area contributed by atoms with Gasteiger partial charge in [0.1, 0.15) is 5.60 Å². The molecule has 2 atom stereocenters. The molecule has 0 bridgehead atoms. The molecule has 0 aromatic heterocycles. The molecule has 0 saturated carbocycles. The topological polar surface area (TPSA) is 55.8 Å². The first-order valence-corrected chi connectivity index (χ1v) is 10.5. The summed E-state index contributed by atoms with van der Waals surface area (Å²) in [5.41, 5.74) is -0.507. The molecule has 0 unspecified atom stereocenters. The van der Waals surface area contributed by atoms with Gasteiger partial charge in [-0.1, -0.05) is 32.6 Å². The highest BCUT2D eigenvalue weighted by Crippen LogP contribution is 2.31. The SMILES string of the molecule is CCCCCC[C@@H]1CCC[C@@H](CCC(=O)OCC)N1C(=O)OC(C)(C)C. The molecular formula is C21H39NO4. The van der Waals surface area contributed by atoms with Crippen LogP contribution >= 0.6 is 0 Å². The number of esters is 1. The van der Waals surface area contributed by atoms with Crippen molar-refractivity contribution in [2.75, 3.05) is 6.61 Å². The molecule has 152 valence electrons. The van der Waals surface area contributed by atoms with Gasteiger partial charge in [0.15, 0.2) is 0 Å². The fraction of sp³-hybridized carbons (Fsp3) is 0.905. The van der Waals surface area contributed by atoms with Crippen molar-refractivity contribution in [1.29, 1.82) is 0 Å². The highest BCUT2D eigenvalue weighted by molar-refractivity contribution is 5.71. The molecule has 0 aliphatic carbocycles. The average Bonchev–Trinajstić information content (AvgIpc) is 2.55. The predicted octanol–water partition coefficient (Wildman–Crippen LogP) is 5.46. The zero-order valence-electron chi connectivity index (χ0n) is 17.5. The van der Waals surface area contributed by atoms with Crippen LogP contribution in [0.5, 0.6) is 0 Å². The van der Waals surface area contributed by atoms with Crippen LogP contribution in [0.2, 0.25) is 0 Å². The lowest BCUT2D eigenvalue weighted by molar-refractivity contribution is -0.143. The van der Waals surface area contributed by atoms with Crippen LogP contribution < -0.4 is 0 Å². The number of unbranched alkanes of at least 4 members (excludes halogenated alkanes) is 3. The molecule has 0 aromatic rings. The summed E-state index contributed by atoms with van der Waals surface area (Å²) >= 11 is 0. The van der Waals surface area contributed by atoms with Gasteiger partial charge in [-0.2, -0.15) is 0 Å². The highest BCUT2D eigenvalue weighted by atomic mass is 16.6. The monoisotopic (exact) mass is 369 g/mol. The highest BCUT2D eigenvalue weighted by Gasteiger charge is 2.36. The lowest BCUT2D eigenvalue weighted by Crippen LogP contribution is -2.51. The molecule has 5 nitrogen and oxygen atoms in total. The van der Waals surface area contributed by atoms with Crippen molar-refractivity contribution in [1.82, 2.24) is 4.90 Å². The normalized spacial score (nSPS) is 20.7. The molecule has 0 spiro atoms. The van der Waals surface area contributed by atoms with Crippen LogP contribution in [0.1, 0.15) is 98.8 Å². The minimum absolute atomic E-state index is 0.0687. The van der Waals surface area contributed by atoms with Crippen LogP contribution in [-0.2, 0) is 14.3 Å². The summed E-state index contributed by atoms with van der Waals surface area (Å²) in [5, 5.41) is 0. The second kappa shape index (κ2) is 11.5. The number of carbonyl (C=O) groups excluding carboxylic acids is 2. The maximum atomic E-state index is 12.9. The summed E-state index contributed by atoms with van der Waals surface area (Å²) in [7, 11) is 0. The Kier molecular flexibility index (Phi) is 10.0. The van der Waals surface area contributed by atoms with E-state index in [-0.39, 0.29) is 24.1 Å². The van der Waals surface area contributed by atoms with Crippen LogP contribution in [0, 0.1) is 0 Å². The van der Waals surface area contributed by atoms with Gasteiger partial charge in [-0.25, -0.2) is 4.79 Å². The number of amides is 1. The van der Waals surface area contributed by atoms with Crippen molar-refractivity contribution in [3.05, 3.63) is 0 Å². The Morgan fingerprint density at radius 2 is 1.65 bits per heavy atom. The zero-order chi connectivity index (χ0) is 19.6. The molecule has 26 heavy (non-hydrogen) atoms. The second-order valence-corrected chi connectivity index (χ2v) is 8.32. The molecule has 1 amide bonds. The van der Waals surface area contributed by atoms with E-state index in [0.717, 1.165) is 32.1 Å². The lowest BCUT2D eigenvalue weighted by atomic mass is 9.90. The summed E-state index contributed by atoms with van der Waals surface area (Å²) in [5.74, 6) is -0.179. The maximum Gasteiger partial charge on any atom is 0.410 e. The van der Waals surface area contributed by atoms with Crippen LogP contribution in [0.3, 0.4) is 0 Å². The first-order chi connectivity index (χ1) is 12.3. The van der Waals surface area contributed by atoms with Gasteiger partial charge >= 0.3 is 12.1 Å². The number of hydrogen-bond donors (Lipinski definition) is 0. The van der Waals surface area contributed by atoms with Crippen molar-refractivity contribution in [2.24, 2.45) is 0 Å². The molecule has 1 aliphatic rings. The predicted molar refractivity (Wildman–Crippen MR) is 104 cm³/mol. The molecule has 1 aliphatic heterocycles. The van der Waals surface area contributed by atoms with Crippen molar-refractivity contribution in [2.45, 2.75) is 117 Å². The molecule has 0 N–H and O–H groups in total. The van der Waals surface area contributed by atoms with E-state index in [1.165, 1.54) is 19.3 Å². The largest absolute Gasteiger partial charge is 0.466 e. The Labute approximate surface area is 159 Å². The number of rotatable bonds is 9. The number of likely N-dealkylation sites (tertiary alicyclic amines) is 1. The second-order valence-electron chi connectivity index (χ2n) is 8.32. The first-order valence-electron chi connectivity index (χ1n) is 10.5. The van der Waals surface area contributed by atoms with Gasteiger partial charge in [0.2, 0.25) is 0 Å².